The van der Waals surface area contributed by atoms with Crippen molar-refractivity contribution in [3.63, 3.8) is 0 Å². The molecule has 0 heterocycles. The fraction of sp³-hybridized carbons (Fsp3) is 0.273. The molecule has 1 N–H and O–H groups in total. The Bertz CT molecular complexity index is 430. The van der Waals surface area contributed by atoms with E-state index in [-0.39, 0.29) is 10.6 Å². The highest BCUT2D eigenvalue weighted by molar-refractivity contribution is 6.32. The van der Waals surface area contributed by atoms with Crippen molar-refractivity contribution in [2.45, 2.75) is 12.3 Å². The van der Waals surface area contributed by atoms with Gasteiger partial charge >= 0.3 is 11.9 Å². The Morgan fingerprint density at radius 1 is 1.38 bits per heavy atom. The van der Waals surface area contributed by atoms with Gasteiger partial charge in [0.1, 0.15) is 0 Å². The SMILES string of the molecule is COC(=O)C(C)(C(=O)O)c1ccccc1Cl. The summed E-state index contributed by atoms with van der Waals surface area (Å²) in [5.41, 5.74) is -1.57. The van der Waals surface area contributed by atoms with Crippen LogP contribution in [0.3, 0.4) is 0 Å². The molecule has 0 spiro atoms. The number of carboxylic acid groups (broad SMARTS) is 1. The van der Waals surface area contributed by atoms with Crippen molar-refractivity contribution in [2.75, 3.05) is 7.11 Å². The van der Waals surface area contributed by atoms with E-state index in [1.165, 1.54) is 19.1 Å². The Morgan fingerprint density at radius 3 is 2.38 bits per heavy atom. The second-order valence-corrected chi connectivity index (χ2v) is 3.81. The molecule has 86 valence electrons. The predicted molar refractivity (Wildman–Crippen MR) is 58.5 cm³/mol. The van der Waals surface area contributed by atoms with Crippen LogP contribution in [0, 0.1) is 0 Å². The zero-order valence-electron chi connectivity index (χ0n) is 8.86. The molecule has 16 heavy (non-hydrogen) atoms. The number of carbonyl (C=O) groups excluding carboxylic acids is 1. The lowest BCUT2D eigenvalue weighted by atomic mass is 9.82. The van der Waals surface area contributed by atoms with Crippen molar-refractivity contribution in [1.82, 2.24) is 0 Å². The minimum Gasteiger partial charge on any atom is -0.480 e. The number of halogens is 1. The van der Waals surface area contributed by atoms with E-state index >= 15 is 0 Å². The van der Waals surface area contributed by atoms with E-state index in [0.29, 0.717) is 0 Å². The molecule has 0 aliphatic heterocycles. The van der Waals surface area contributed by atoms with Gasteiger partial charge < -0.3 is 9.84 Å². The number of hydrogen-bond acceptors (Lipinski definition) is 3. The first kappa shape index (κ1) is 12.5. The largest absolute Gasteiger partial charge is 0.480 e. The van der Waals surface area contributed by atoms with Gasteiger partial charge in [0.05, 0.1) is 7.11 Å². The van der Waals surface area contributed by atoms with E-state index in [1.54, 1.807) is 12.1 Å². The normalized spacial score (nSPS) is 13.9. The minimum absolute atomic E-state index is 0.219. The molecule has 0 fully saturated rings. The van der Waals surface area contributed by atoms with Gasteiger partial charge in [-0.15, -0.1) is 0 Å². The van der Waals surface area contributed by atoms with Crippen molar-refractivity contribution in [3.05, 3.63) is 34.9 Å². The van der Waals surface area contributed by atoms with E-state index in [0.717, 1.165) is 7.11 Å². The van der Waals surface area contributed by atoms with Gasteiger partial charge in [0.25, 0.3) is 0 Å². The number of benzene rings is 1. The van der Waals surface area contributed by atoms with Crippen LogP contribution in [0.4, 0.5) is 0 Å². The fourth-order valence-electron chi connectivity index (χ4n) is 1.38. The molecule has 0 aliphatic carbocycles. The predicted octanol–water partition coefficient (Wildman–Crippen LogP) is 1.86. The van der Waals surface area contributed by atoms with Gasteiger partial charge in [0, 0.05) is 5.02 Å². The average molecular weight is 243 g/mol. The first-order valence-corrected chi connectivity index (χ1v) is 4.89. The van der Waals surface area contributed by atoms with Crippen molar-refractivity contribution < 1.29 is 19.4 Å². The summed E-state index contributed by atoms with van der Waals surface area (Å²) < 4.78 is 4.51. The molecule has 0 aromatic heterocycles. The van der Waals surface area contributed by atoms with Crippen LogP contribution in [-0.2, 0) is 19.7 Å². The summed E-state index contributed by atoms with van der Waals surface area (Å²) in [6.45, 7) is 1.27. The summed E-state index contributed by atoms with van der Waals surface area (Å²) in [4.78, 5) is 22.8. The summed E-state index contributed by atoms with van der Waals surface area (Å²) in [7, 11) is 1.14. The quantitative estimate of drug-likeness (QED) is 0.649. The van der Waals surface area contributed by atoms with Gasteiger partial charge in [0.15, 0.2) is 5.41 Å². The summed E-state index contributed by atoms with van der Waals surface area (Å²) in [5, 5.41) is 9.37. The highest BCUT2D eigenvalue weighted by Crippen LogP contribution is 2.31. The van der Waals surface area contributed by atoms with Gasteiger partial charge in [-0.1, -0.05) is 29.8 Å². The molecule has 5 heteroatoms. The minimum atomic E-state index is -1.78. The number of ether oxygens (including phenoxy) is 1. The molecule has 1 aromatic rings. The molecule has 0 aliphatic rings. The Kier molecular flexibility index (Phi) is 3.55. The van der Waals surface area contributed by atoms with E-state index < -0.39 is 17.4 Å². The zero-order chi connectivity index (χ0) is 12.3. The van der Waals surface area contributed by atoms with E-state index in [1.807, 2.05) is 0 Å². The van der Waals surface area contributed by atoms with Crippen LogP contribution in [0.1, 0.15) is 12.5 Å². The van der Waals surface area contributed by atoms with E-state index in [4.69, 9.17) is 16.7 Å². The number of esters is 1. The molecular formula is C11H11ClO4. The third kappa shape index (κ3) is 1.88. The van der Waals surface area contributed by atoms with Gasteiger partial charge in [-0.2, -0.15) is 0 Å². The van der Waals surface area contributed by atoms with Crippen LogP contribution >= 0.6 is 11.6 Å². The highest BCUT2D eigenvalue weighted by Gasteiger charge is 2.45. The molecule has 0 radical (unpaired) electrons. The van der Waals surface area contributed by atoms with Crippen LogP contribution < -0.4 is 0 Å². The molecule has 0 bridgehead atoms. The number of carbonyl (C=O) groups is 2. The maximum absolute atomic E-state index is 11.6. The smallest absolute Gasteiger partial charge is 0.327 e. The van der Waals surface area contributed by atoms with Crippen LogP contribution in [0.2, 0.25) is 5.02 Å². The summed E-state index contributed by atoms with van der Waals surface area (Å²) in [5.74, 6) is -2.15. The van der Waals surface area contributed by atoms with Crippen molar-refractivity contribution >= 4 is 23.5 Å². The molecule has 1 unspecified atom stereocenters. The summed E-state index contributed by atoms with van der Waals surface area (Å²) >= 11 is 5.88. The van der Waals surface area contributed by atoms with Crippen LogP contribution in [0.15, 0.2) is 24.3 Å². The third-order valence-electron chi connectivity index (χ3n) is 2.43. The van der Waals surface area contributed by atoms with Crippen LogP contribution in [-0.4, -0.2) is 24.2 Å². The topological polar surface area (TPSA) is 63.6 Å². The number of carboxylic acids is 1. The lowest BCUT2D eigenvalue weighted by molar-refractivity contribution is -0.158. The molecule has 1 aromatic carbocycles. The zero-order valence-corrected chi connectivity index (χ0v) is 9.62. The van der Waals surface area contributed by atoms with Gasteiger partial charge in [-0.05, 0) is 18.6 Å². The van der Waals surface area contributed by atoms with Gasteiger partial charge in [-0.3, -0.25) is 9.59 Å². The number of methoxy groups -OCH3 is 1. The average Bonchev–Trinajstić information content (AvgIpc) is 2.27. The first-order valence-electron chi connectivity index (χ1n) is 4.51. The molecule has 1 rings (SSSR count). The lowest BCUT2D eigenvalue weighted by Gasteiger charge is -2.23. The number of rotatable bonds is 3. The summed E-state index contributed by atoms with van der Waals surface area (Å²) in [6, 6.07) is 6.30. The lowest BCUT2D eigenvalue weighted by Crippen LogP contribution is -2.42. The molecule has 4 nitrogen and oxygen atoms in total. The molecular weight excluding hydrogens is 232 g/mol. The maximum Gasteiger partial charge on any atom is 0.327 e. The second-order valence-electron chi connectivity index (χ2n) is 3.40. The summed E-state index contributed by atoms with van der Waals surface area (Å²) in [6.07, 6.45) is 0. The molecule has 0 saturated carbocycles. The van der Waals surface area contributed by atoms with Gasteiger partial charge in [0.2, 0.25) is 0 Å². The van der Waals surface area contributed by atoms with Gasteiger partial charge in [-0.25, -0.2) is 0 Å². The first-order chi connectivity index (χ1) is 7.44. The van der Waals surface area contributed by atoms with Crippen molar-refractivity contribution in [2.24, 2.45) is 0 Å². The van der Waals surface area contributed by atoms with E-state index in [9.17, 15) is 9.59 Å². The van der Waals surface area contributed by atoms with Crippen LogP contribution in [0.5, 0.6) is 0 Å². The van der Waals surface area contributed by atoms with E-state index in [2.05, 4.69) is 4.74 Å². The number of hydrogen-bond donors (Lipinski definition) is 1. The van der Waals surface area contributed by atoms with Crippen LogP contribution in [0.25, 0.3) is 0 Å². The molecule has 1 atom stereocenters. The monoisotopic (exact) mass is 242 g/mol. The fourth-order valence-corrected chi connectivity index (χ4v) is 1.71. The maximum atomic E-state index is 11.6. The Hall–Kier alpha value is -1.55. The van der Waals surface area contributed by atoms with Crippen molar-refractivity contribution in [3.8, 4) is 0 Å². The second kappa shape index (κ2) is 4.53. The number of aliphatic carboxylic acids is 1. The Labute approximate surface area is 97.8 Å². The Balaban J connectivity index is 3.39. The Morgan fingerprint density at radius 2 is 1.94 bits per heavy atom. The third-order valence-corrected chi connectivity index (χ3v) is 2.76. The standard InChI is InChI=1S/C11H11ClO4/c1-11(9(13)14,10(15)16-2)7-5-3-4-6-8(7)12/h3-6H,1-2H3,(H,13,14). The molecule has 0 amide bonds. The highest BCUT2D eigenvalue weighted by atomic mass is 35.5. The molecule has 0 saturated heterocycles. The van der Waals surface area contributed by atoms with Crippen molar-refractivity contribution in [1.29, 1.82) is 0 Å².